The highest BCUT2D eigenvalue weighted by atomic mass is 79.9. The van der Waals surface area contributed by atoms with Crippen molar-refractivity contribution < 1.29 is 17.9 Å². The highest BCUT2D eigenvalue weighted by molar-refractivity contribution is 9.10. The van der Waals surface area contributed by atoms with Gasteiger partial charge in [0.25, 0.3) is 10.0 Å². The Labute approximate surface area is 171 Å². The van der Waals surface area contributed by atoms with Crippen LogP contribution in [0, 0.1) is 0 Å². The normalized spacial score (nSPS) is 20.1. The number of carbonyl (C=O) groups excluding carboxylic acids is 1. The predicted molar refractivity (Wildman–Crippen MR) is 109 cm³/mol. The molecule has 28 heavy (non-hydrogen) atoms. The third-order valence-corrected chi connectivity index (χ3v) is 6.55. The van der Waals surface area contributed by atoms with Gasteiger partial charge in [0, 0.05) is 11.0 Å². The lowest BCUT2D eigenvalue weighted by molar-refractivity contribution is 0.0992. The van der Waals surface area contributed by atoms with E-state index in [0.29, 0.717) is 18.7 Å². The second-order valence-corrected chi connectivity index (χ2v) is 9.10. The van der Waals surface area contributed by atoms with Crippen molar-refractivity contribution >= 4 is 43.6 Å². The van der Waals surface area contributed by atoms with Crippen LogP contribution in [0.4, 0.5) is 10.5 Å². The molecule has 0 aromatic heterocycles. The van der Waals surface area contributed by atoms with E-state index in [1.165, 1.54) is 11.0 Å². The van der Waals surface area contributed by atoms with Gasteiger partial charge in [-0.25, -0.2) is 4.79 Å². The molecule has 0 radical (unpaired) electrons. The number of fused-ring (bicyclic) bond motifs is 1. The Morgan fingerprint density at radius 3 is 2.82 bits per heavy atom. The largest absolute Gasteiger partial charge is 0.445 e. The fourth-order valence-corrected chi connectivity index (χ4v) is 4.89. The van der Waals surface area contributed by atoms with Crippen molar-refractivity contribution in [3.8, 4) is 0 Å². The maximum Gasteiger partial charge on any atom is 0.410 e. The fourth-order valence-electron chi connectivity index (χ4n) is 3.38. The summed E-state index contributed by atoms with van der Waals surface area (Å²) in [6.07, 6.45) is 0.885. The molecule has 2 aliphatic heterocycles. The topological polar surface area (TPSA) is 88.1 Å². The number of benzene rings is 2. The number of carbonyl (C=O) groups is 1. The number of hydrogen-bond donors (Lipinski definition) is 1. The third kappa shape index (κ3) is 3.77. The van der Waals surface area contributed by atoms with Gasteiger partial charge in [0.05, 0.1) is 11.7 Å². The van der Waals surface area contributed by atoms with Crippen molar-refractivity contribution in [2.45, 2.75) is 30.4 Å². The maximum absolute atomic E-state index is 12.6. The van der Waals surface area contributed by atoms with Crippen LogP contribution in [-0.4, -0.2) is 37.8 Å². The molecule has 1 N–H and O–H groups in total. The first-order valence-electron chi connectivity index (χ1n) is 8.83. The van der Waals surface area contributed by atoms with E-state index >= 15 is 0 Å². The highest BCUT2D eigenvalue weighted by Crippen LogP contribution is 2.32. The third-order valence-electron chi connectivity index (χ3n) is 4.71. The van der Waals surface area contributed by atoms with Crippen molar-refractivity contribution in [1.82, 2.24) is 4.90 Å². The Balaban J connectivity index is 1.53. The second kappa shape index (κ2) is 7.56. The standard InChI is InChI=1S/C19H18BrN3O4S/c20-14-8-9-17-15(11-14)21-18(22-28(17,25)26)16-7-4-10-23(16)19(24)27-12-13-5-2-1-3-6-13/h1-3,5-6,8-9,11,16H,4,7,10,12H2,(H,21,22)/t16-/m1/s1. The molecule has 1 saturated heterocycles. The lowest BCUT2D eigenvalue weighted by Crippen LogP contribution is -2.44. The first-order valence-corrected chi connectivity index (χ1v) is 11.1. The summed E-state index contributed by atoms with van der Waals surface area (Å²) in [6.45, 7) is 0.654. The summed E-state index contributed by atoms with van der Waals surface area (Å²) >= 11 is 3.35. The SMILES string of the molecule is O=C(OCc1ccccc1)N1CCC[C@@H]1C1=NS(=O)(=O)c2ccc(Br)cc2N1. The molecule has 1 amide bonds. The van der Waals surface area contributed by atoms with E-state index in [1.54, 1.807) is 12.1 Å². The van der Waals surface area contributed by atoms with Gasteiger partial charge < -0.3 is 10.1 Å². The van der Waals surface area contributed by atoms with Crippen LogP contribution in [0.3, 0.4) is 0 Å². The van der Waals surface area contributed by atoms with Crippen molar-refractivity contribution in [3.05, 3.63) is 58.6 Å². The van der Waals surface area contributed by atoms with Gasteiger partial charge in [0.15, 0.2) is 0 Å². The minimum absolute atomic E-state index is 0.121. The Bertz CT molecular complexity index is 1040. The average molecular weight is 464 g/mol. The predicted octanol–water partition coefficient (Wildman–Crippen LogP) is 3.76. The Morgan fingerprint density at radius 1 is 1.25 bits per heavy atom. The van der Waals surface area contributed by atoms with Crippen molar-refractivity contribution in [2.24, 2.45) is 4.40 Å². The van der Waals surface area contributed by atoms with Gasteiger partial charge in [-0.15, -0.1) is 4.40 Å². The molecule has 146 valence electrons. The average Bonchev–Trinajstić information content (AvgIpc) is 3.16. The lowest BCUT2D eigenvalue weighted by Gasteiger charge is -2.28. The Morgan fingerprint density at radius 2 is 2.04 bits per heavy atom. The molecule has 2 heterocycles. The lowest BCUT2D eigenvalue weighted by atomic mass is 10.2. The van der Waals surface area contributed by atoms with E-state index in [4.69, 9.17) is 4.74 Å². The minimum atomic E-state index is -3.82. The molecule has 0 spiro atoms. The molecule has 7 nitrogen and oxygen atoms in total. The number of ether oxygens (including phenoxy) is 1. The number of nitrogens with one attached hydrogen (secondary N) is 1. The summed E-state index contributed by atoms with van der Waals surface area (Å²) in [5, 5.41) is 3.09. The van der Waals surface area contributed by atoms with E-state index < -0.39 is 22.2 Å². The molecule has 1 fully saturated rings. The highest BCUT2D eigenvalue weighted by Gasteiger charge is 2.37. The van der Waals surface area contributed by atoms with Crippen LogP contribution in [0.25, 0.3) is 0 Å². The zero-order chi connectivity index (χ0) is 19.7. The van der Waals surface area contributed by atoms with Crippen molar-refractivity contribution in [3.63, 3.8) is 0 Å². The fraction of sp³-hybridized carbons (Fsp3) is 0.263. The first kappa shape index (κ1) is 18.9. The second-order valence-electron chi connectivity index (χ2n) is 6.61. The van der Waals surface area contributed by atoms with Gasteiger partial charge in [0.1, 0.15) is 17.3 Å². The number of likely N-dealkylation sites (tertiary alicyclic amines) is 1. The van der Waals surface area contributed by atoms with Gasteiger partial charge in [0.2, 0.25) is 0 Å². The van der Waals surface area contributed by atoms with Crippen LogP contribution < -0.4 is 5.32 Å². The zero-order valence-corrected chi connectivity index (χ0v) is 17.2. The summed E-state index contributed by atoms with van der Waals surface area (Å²) in [7, 11) is -3.82. The number of anilines is 1. The summed E-state index contributed by atoms with van der Waals surface area (Å²) in [4.78, 5) is 14.3. The van der Waals surface area contributed by atoms with Crippen molar-refractivity contribution in [2.75, 3.05) is 11.9 Å². The van der Waals surface area contributed by atoms with Crippen LogP contribution >= 0.6 is 15.9 Å². The van der Waals surface area contributed by atoms with Crippen LogP contribution in [0.15, 0.2) is 62.3 Å². The van der Waals surface area contributed by atoms with Gasteiger partial charge in [-0.1, -0.05) is 46.3 Å². The number of sulfonamides is 1. The van der Waals surface area contributed by atoms with Crippen molar-refractivity contribution in [1.29, 1.82) is 0 Å². The Kier molecular flexibility index (Phi) is 5.11. The maximum atomic E-state index is 12.6. The number of hydrogen-bond acceptors (Lipinski definition) is 5. The minimum Gasteiger partial charge on any atom is -0.445 e. The molecule has 2 aromatic rings. The van der Waals surface area contributed by atoms with Gasteiger partial charge in [-0.3, -0.25) is 4.90 Å². The molecule has 2 aliphatic rings. The molecule has 1 atom stereocenters. The number of amides is 1. The molecule has 0 unspecified atom stereocenters. The summed E-state index contributed by atoms with van der Waals surface area (Å²) in [5.41, 5.74) is 1.34. The summed E-state index contributed by atoms with van der Waals surface area (Å²) in [6, 6.07) is 13.8. The van der Waals surface area contributed by atoms with Gasteiger partial charge >= 0.3 is 6.09 Å². The Hall–Kier alpha value is -2.39. The monoisotopic (exact) mass is 463 g/mol. The smallest absolute Gasteiger partial charge is 0.410 e. The summed E-state index contributed by atoms with van der Waals surface area (Å²) < 4.78 is 35.2. The van der Waals surface area contributed by atoms with Crippen LogP contribution in [0.2, 0.25) is 0 Å². The van der Waals surface area contributed by atoms with E-state index in [2.05, 4.69) is 25.6 Å². The van der Waals surface area contributed by atoms with E-state index in [9.17, 15) is 13.2 Å². The molecule has 9 heteroatoms. The number of rotatable bonds is 3. The van der Waals surface area contributed by atoms with Crippen LogP contribution in [0.5, 0.6) is 0 Å². The molecule has 0 bridgehead atoms. The number of amidine groups is 1. The number of nitrogens with zero attached hydrogens (tertiary/aromatic N) is 2. The van der Waals surface area contributed by atoms with Gasteiger partial charge in [-0.05, 0) is 36.6 Å². The molecule has 2 aromatic carbocycles. The van der Waals surface area contributed by atoms with Crippen LogP contribution in [0.1, 0.15) is 18.4 Å². The molecule has 0 saturated carbocycles. The quantitative estimate of drug-likeness (QED) is 0.748. The van der Waals surface area contributed by atoms with E-state index in [1.807, 2.05) is 30.3 Å². The number of halogens is 1. The molecule has 4 rings (SSSR count). The summed E-state index contributed by atoms with van der Waals surface area (Å²) in [5.74, 6) is 0.250. The van der Waals surface area contributed by atoms with E-state index in [-0.39, 0.29) is 17.3 Å². The molecular weight excluding hydrogens is 446 g/mol. The van der Waals surface area contributed by atoms with E-state index in [0.717, 1.165) is 16.5 Å². The first-order chi connectivity index (χ1) is 13.4. The molecule has 0 aliphatic carbocycles. The van der Waals surface area contributed by atoms with Gasteiger partial charge in [-0.2, -0.15) is 8.42 Å². The molecular formula is C19H18BrN3O4S. The van der Waals surface area contributed by atoms with Crippen LogP contribution in [-0.2, 0) is 21.4 Å². The zero-order valence-electron chi connectivity index (χ0n) is 14.8.